The Morgan fingerprint density at radius 2 is 1.16 bits per heavy atom. The molecule has 7 nitrogen and oxygen atoms in total. The SMILES string of the molecule is CO[C@H]1O[C@H](COC(=O)CCCCCCCCCCSC(c2ccccc2)(c2ccccc2)c2ccccc2)[C@@H](O)[C@H](O)[C@H]1O. The minimum Gasteiger partial charge on any atom is -0.463 e. The maximum atomic E-state index is 12.2. The lowest BCUT2D eigenvalue weighted by atomic mass is 9.84. The predicted octanol–water partition coefficient (Wildman–Crippen LogP) is 6.22. The number of methoxy groups -OCH3 is 1. The molecule has 8 heteroatoms. The number of rotatable bonds is 18. The summed E-state index contributed by atoms with van der Waals surface area (Å²) in [7, 11) is 1.33. The molecule has 0 amide bonds. The summed E-state index contributed by atoms with van der Waals surface area (Å²) in [6, 6.07) is 32.5. The third kappa shape index (κ3) is 9.64. The highest BCUT2D eigenvalue weighted by molar-refractivity contribution is 8.00. The van der Waals surface area contributed by atoms with Crippen molar-refractivity contribution in [3.8, 4) is 0 Å². The molecule has 3 N–H and O–H groups in total. The predicted molar refractivity (Wildman–Crippen MR) is 178 cm³/mol. The first kappa shape index (κ1) is 35.1. The van der Waals surface area contributed by atoms with Gasteiger partial charge in [0.1, 0.15) is 31.0 Å². The molecule has 0 spiro atoms. The molecule has 0 unspecified atom stereocenters. The molecule has 1 fully saturated rings. The minimum atomic E-state index is -1.43. The van der Waals surface area contributed by atoms with Crippen LogP contribution in [0.15, 0.2) is 91.0 Å². The number of hydrogen-bond donors (Lipinski definition) is 3. The van der Waals surface area contributed by atoms with Crippen LogP contribution in [0.5, 0.6) is 0 Å². The van der Waals surface area contributed by atoms with Gasteiger partial charge in [-0.1, -0.05) is 130 Å². The monoisotopic (exact) mass is 636 g/mol. The molecule has 0 bridgehead atoms. The van der Waals surface area contributed by atoms with E-state index in [4.69, 9.17) is 14.2 Å². The number of aliphatic hydroxyl groups excluding tert-OH is 3. The van der Waals surface area contributed by atoms with E-state index in [-0.39, 0.29) is 17.3 Å². The molecule has 1 heterocycles. The van der Waals surface area contributed by atoms with Gasteiger partial charge in [-0.2, -0.15) is 0 Å². The number of esters is 1. The van der Waals surface area contributed by atoms with Crippen LogP contribution in [0.3, 0.4) is 0 Å². The zero-order valence-electron chi connectivity index (χ0n) is 26.2. The van der Waals surface area contributed by atoms with Crippen molar-refractivity contribution in [1.82, 2.24) is 0 Å². The molecule has 244 valence electrons. The summed E-state index contributed by atoms with van der Waals surface area (Å²) >= 11 is 2.03. The van der Waals surface area contributed by atoms with Gasteiger partial charge in [0.05, 0.1) is 4.75 Å². The van der Waals surface area contributed by atoms with Crippen LogP contribution in [0.4, 0.5) is 0 Å². The second kappa shape index (κ2) is 18.4. The van der Waals surface area contributed by atoms with Gasteiger partial charge in [-0.15, -0.1) is 11.8 Å². The highest BCUT2D eigenvalue weighted by Crippen LogP contribution is 2.48. The Kier molecular flexibility index (Phi) is 14.4. The molecule has 4 rings (SSSR count). The average molecular weight is 637 g/mol. The lowest BCUT2D eigenvalue weighted by Gasteiger charge is -2.39. The number of benzene rings is 3. The van der Waals surface area contributed by atoms with Gasteiger partial charge in [-0.05, 0) is 35.3 Å². The molecule has 0 aliphatic carbocycles. The fourth-order valence-electron chi connectivity index (χ4n) is 5.92. The average Bonchev–Trinajstić information content (AvgIpc) is 3.09. The molecule has 0 saturated carbocycles. The summed E-state index contributed by atoms with van der Waals surface area (Å²) in [6.07, 6.45) is 2.74. The van der Waals surface area contributed by atoms with E-state index in [1.807, 2.05) is 11.8 Å². The molecule has 1 saturated heterocycles. The lowest BCUT2D eigenvalue weighted by molar-refractivity contribution is -0.295. The summed E-state index contributed by atoms with van der Waals surface area (Å²) in [4.78, 5) is 12.2. The van der Waals surface area contributed by atoms with Crippen LogP contribution in [0.2, 0.25) is 0 Å². The van der Waals surface area contributed by atoms with Crippen molar-refractivity contribution >= 4 is 17.7 Å². The molecular weight excluding hydrogens is 588 g/mol. The highest BCUT2D eigenvalue weighted by Gasteiger charge is 2.44. The van der Waals surface area contributed by atoms with Gasteiger partial charge >= 0.3 is 5.97 Å². The zero-order chi connectivity index (χ0) is 31.9. The second-order valence-electron chi connectivity index (χ2n) is 11.6. The van der Waals surface area contributed by atoms with E-state index in [9.17, 15) is 20.1 Å². The first-order valence-electron chi connectivity index (χ1n) is 16.2. The lowest BCUT2D eigenvalue weighted by Crippen LogP contribution is -2.59. The molecule has 0 aromatic heterocycles. The van der Waals surface area contributed by atoms with Crippen molar-refractivity contribution in [1.29, 1.82) is 0 Å². The van der Waals surface area contributed by atoms with Crippen LogP contribution in [0.25, 0.3) is 0 Å². The zero-order valence-corrected chi connectivity index (χ0v) is 27.0. The van der Waals surface area contributed by atoms with Crippen molar-refractivity contribution in [3.63, 3.8) is 0 Å². The number of unbranched alkanes of at least 4 members (excludes halogenated alkanes) is 7. The normalized spacial score (nSPS) is 21.8. The van der Waals surface area contributed by atoms with Crippen LogP contribution in [-0.2, 0) is 23.8 Å². The van der Waals surface area contributed by atoms with E-state index >= 15 is 0 Å². The molecule has 1 aliphatic rings. The maximum Gasteiger partial charge on any atom is 0.305 e. The smallest absolute Gasteiger partial charge is 0.305 e. The van der Waals surface area contributed by atoms with Crippen molar-refractivity contribution in [2.45, 2.75) is 93.2 Å². The van der Waals surface area contributed by atoms with Crippen LogP contribution in [0.1, 0.15) is 74.5 Å². The number of aliphatic hydroxyl groups is 3. The minimum absolute atomic E-state index is 0.203. The standard InChI is InChI=1S/C37H48O7S/c1-42-36-35(41)34(40)33(39)31(44-36)27-43-32(38)25-17-6-4-2-3-5-7-18-26-45-37(28-19-11-8-12-20-28,29-21-13-9-14-22-29)30-23-15-10-16-24-30/h8-16,19-24,31,33-36,39-41H,2-7,17-18,25-27H2,1H3/t31-,33-,34+,35-,36+/m1/s1. The van der Waals surface area contributed by atoms with Gasteiger partial charge in [0.25, 0.3) is 0 Å². The third-order valence-electron chi connectivity index (χ3n) is 8.44. The number of carbonyl (C=O) groups excluding carboxylic acids is 1. The maximum absolute atomic E-state index is 12.2. The third-order valence-corrected chi connectivity index (χ3v) is 10.1. The number of ether oxygens (including phenoxy) is 3. The van der Waals surface area contributed by atoms with E-state index < -0.39 is 30.7 Å². The van der Waals surface area contributed by atoms with E-state index in [0.29, 0.717) is 6.42 Å². The van der Waals surface area contributed by atoms with Crippen molar-refractivity contribution in [3.05, 3.63) is 108 Å². The molecule has 1 aliphatic heterocycles. The first-order valence-corrected chi connectivity index (χ1v) is 17.1. The van der Waals surface area contributed by atoms with Crippen molar-refractivity contribution in [2.75, 3.05) is 19.5 Å². The fourth-order valence-corrected chi connectivity index (χ4v) is 7.49. The molecule has 45 heavy (non-hydrogen) atoms. The number of carbonyl (C=O) groups is 1. The molecule has 3 aromatic carbocycles. The van der Waals surface area contributed by atoms with E-state index in [2.05, 4.69) is 91.0 Å². The summed E-state index contributed by atoms with van der Waals surface area (Å²) in [5, 5.41) is 29.9. The summed E-state index contributed by atoms with van der Waals surface area (Å²) < 4.78 is 15.4. The summed E-state index contributed by atoms with van der Waals surface area (Å²) in [5.74, 6) is 0.700. The Hall–Kier alpha value is -2.72. The number of thioether (sulfide) groups is 1. The molecule has 3 aromatic rings. The summed E-state index contributed by atoms with van der Waals surface area (Å²) in [6.45, 7) is -0.203. The second-order valence-corrected chi connectivity index (χ2v) is 12.9. The van der Waals surface area contributed by atoms with E-state index in [0.717, 1.165) is 37.9 Å². The Bertz CT molecular complexity index is 1140. The Morgan fingerprint density at radius 1 is 0.689 bits per heavy atom. The first-order chi connectivity index (χ1) is 22.0. The van der Waals surface area contributed by atoms with Crippen molar-refractivity contribution < 1.29 is 34.3 Å². The van der Waals surface area contributed by atoms with Gasteiger partial charge in [-0.25, -0.2) is 0 Å². The van der Waals surface area contributed by atoms with Crippen LogP contribution >= 0.6 is 11.8 Å². The van der Waals surface area contributed by atoms with Crippen LogP contribution in [-0.4, -0.2) is 71.5 Å². The summed E-state index contributed by atoms with van der Waals surface area (Å²) in [5.41, 5.74) is 3.90. The largest absolute Gasteiger partial charge is 0.463 e. The van der Waals surface area contributed by atoms with Crippen LogP contribution in [0, 0.1) is 0 Å². The quantitative estimate of drug-likeness (QED) is 0.0859. The van der Waals surface area contributed by atoms with Gasteiger partial charge in [0.15, 0.2) is 6.29 Å². The van der Waals surface area contributed by atoms with E-state index in [1.54, 1.807) is 0 Å². The van der Waals surface area contributed by atoms with Crippen LogP contribution < -0.4 is 0 Å². The van der Waals surface area contributed by atoms with Gasteiger partial charge in [0.2, 0.25) is 0 Å². The molecule has 5 atom stereocenters. The Morgan fingerprint density at radius 3 is 1.64 bits per heavy atom. The van der Waals surface area contributed by atoms with Gasteiger partial charge in [0, 0.05) is 13.5 Å². The Labute approximate surface area is 271 Å². The highest BCUT2D eigenvalue weighted by atomic mass is 32.2. The topological polar surface area (TPSA) is 105 Å². The van der Waals surface area contributed by atoms with E-state index in [1.165, 1.54) is 43.1 Å². The van der Waals surface area contributed by atoms with Crippen molar-refractivity contribution in [2.24, 2.45) is 0 Å². The number of hydrogen-bond acceptors (Lipinski definition) is 8. The molecular formula is C37H48O7S. The Balaban J connectivity index is 1.13. The fraction of sp³-hybridized carbons (Fsp3) is 0.486. The molecule has 0 radical (unpaired) electrons. The van der Waals surface area contributed by atoms with Gasteiger partial charge < -0.3 is 29.5 Å². The van der Waals surface area contributed by atoms with Gasteiger partial charge in [-0.3, -0.25) is 4.79 Å².